The summed E-state index contributed by atoms with van der Waals surface area (Å²) >= 11 is 0. The number of hydrogen-bond acceptors (Lipinski definition) is 6. The summed E-state index contributed by atoms with van der Waals surface area (Å²) in [5.41, 5.74) is -0.0244. The molecule has 1 saturated heterocycles. The number of esters is 1. The maximum atomic E-state index is 15.3. The standard InChI is InChI=1S/C25H22F3N3O4/c1-13-19(9-8-18-7-6-16(11-29-18)15-4-3-5-17(26)10-15)20-14(2)34-22(32)24(20,12-25(13,27)28)21-30-31-23(33)35-21/h3-11,13-14,19-20H,12H2,1-2H3,(H,31,33)/t13-,14+,19-,20-,24+/m0/s1. The van der Waals surface area contributed by atoms with Crippen molar-refractivity contribution >= 4 is 12.0 Å². The van der Waals surface area contributed by atoms with Crippen LogP contribution in [0.25, 0.3) is 17.2 Å². The molecule has 3 heterocycles. The molecule has 1 aliphatic carbocycles. The fourth-order valence-electron chi connectivity index (χ4n) is 5.41. The van der Waals surface area contributed by atoms with Crippen molar-refractivity contribution in [1.29, 1.82) is 0 Å². The molecule has 3 aromatic rings. The fraction of sp³-hybridized carbons (Fsp3) is 0.360. The van der Waals surface area contributed by atoms with Gasteiger partial charge in [-0.1, -0.05) is 31.2 Å². The minimum absolute atomic E-state index is 0.364. The monoisotopic (exact) mass is 485 g/mol. The number of H-pyrrole nitrogens is 1. The molecular weight excluding hydrogens is 463 g/mol. The average molecular weight is 485 g/mol. The Hall–Kier alpha value is -3.69. The Labute approximate surface area is 198 Å². The van der Waals surface area contributed by atoms with Crippen LogP contribution in [0.2, 0.25) is 0 Å². The lowest BCUT2D eigenvalue weighted by molar-refractivity contribution is -0.159. The van der Waals surface area contributed by atoms with Gasteiger partial charge < -0.3 is 9.15 Å². The molecule has 5 rings (SSSR count). The van der Waals surface area contributed by atoms with Crippen LogP contribution in [-0.4, -0.2) is 33.2 Å². The van der Waals surface area contributed by atoms with E-state index in [1.165, 1.54) is 19.1 Å². The molecule has 7 nitrogen and oxygen atoms in total. The van der Waals surface area contributed by atoms with E-state index in [1.54, 1.807) is 49.5 Å². The summed E-state index contributed by atoms with van der Waals surface area (Å²) in [6, 6.07) is 9.55. The lowest BCUT2D eigenvalue weighted by atomic mass is 9.56. The number of benzene rings is 1. The van der Waals surface area contributed by atoms with Crippen LogP contribution < -0.4 is 5.76 Å². The fourth-order valence-corrected chi connectivity index (χ4v) is 5.41. The SMILES string of the molecule is C[C@H]1OC(=O)[C@]2(c3n[nH]c(=O)o3)CC(F)(F)[C@@H](C)[C@H](C=Cc3ccc(-c4cccc(F)c4)cn3)[C@H]12. The van der Waals surface area contributed by atoms with E-state index in [0.29, 0.717) is 16.8 Å². The van der Waals surface area contributed by atoms with Crippen LogP contribution >= 0.6 is 0 Å². The topological polar surface area (TPSA) is 98.1 Å². The average Bonchev–Trinajstić information content (AvgIpc) is 3.35. The second kappa shape index (κ2) is 8.21. The second-order valence-corrected chi connectivity index (χ2v) is 9.17. The normalized spacial score (nSPS) is 29.8. The molecule has 0 unspecified atom stereocenters. The number of halogens is 3. The van der Waals surface area contributed by atoms with Gasteiger partial charge in [0, 0.05) is 30.0 Å². The molecule has 35 heavy (non-hydrogen) atoms. The van der Waals surface area contributed by atoms with Crippen LogP contribution in [0.15, 0.2) is 57.9 Å². The van der Waals surface area contributed by atoms with E-state index in [9.17, 15) is 14.0 Å². The number of carbonyl (C=O) groups excluding carboxylic acids is 1. The van der Waals surface area contributed by atoms with E-state index >= 15 is 8.78 Å². The van der Waals surface area contributed by atoms with Crippen molar-refractivity contribution in [3.63, 3.8) is 0 Å². The number of aromatic nitrogens is 3. The highest BCUT2D eigenvalue weighted by Crippen LogP contribution is 2.59. The third-order valence-electron chi connectivity index (χ3n) is 7.16. The zero-order valence-corrected chi connectivity index (χ0v) is 18.9. The van der Waals surface area contributed by atoms with Crippen molar-refractivity contribution in [2.24, 2.45) is 17.8 Å². The number of allylic oxidation sites excluding steroid dienone is 1. The van der Waals surface area contributed by atoms with Gasteiger partial charge in [0.15, 0.2) is 5.41 Å². The minimum atomic E-state index is -3.26. The van der Waals surface area contributed by atoms with Gasteiger partial charge in [-0.25, -0.2) is 23.1 Å². The third kappa shape index (κ3) is 3.77. The number of nitrogens with one attached hydrogen (secondary N) is 1. The highest BCUT2D eigenvalue weighted by molar-refractivity contribution is 5.85. The van der Waals surface area contributed by atoms with E-state index in [0.717, 1.165) is 0 Å². The summed E-state index contributed by atoms with van der Waals surface area (Å²) in [6.07, 6.45) is 3.21. The van der Waals surface area contributed by atoms with Gasteiger partial charge in [0.2, 0.25) is 5.89 Å². The van der Waals surface area contributed by atoms with Crippen LogP contribution in [0.3, 0.4) is 0 Å². The van der Waals surface area contributed by atoms with Crippen molar-refractivity contribution in [1.82, 2.24) is 15.2 Å². The first-order valence-corrected chi connectivity index (χ1v) is 11.2. The number of cyclic esters (lactones) is 1. The maximum absolute atomic E-state index is 15.3. The van der Waals surface area contributed by atoms with Crippen molar-refractivity contribution in [3.8, 4) is 11.1 Å². The Kier molecular flexibility index (Phi) is 5.41. The molecule has 2 fully saturated rings. The summed E-state index contributed by atoms with van der Waals surface area (Å²) < 4.78 is 54.5. The quantitative estimate of drug-likeness (QED) is 0.552. The highest BCUT2D eigenvalue weighted by Gasteiger charge is 2.71. The zero-order valence-electron chi connectivity index (χ0n) is 18.9. The van der Waals surface area contributed by atoms with Crippen LogP contribution in [0.1, 0.15) is 31.9 Å². The molecule has 1 aliphatic heterocycles. The first-order valence-electron chi connectivity index (χ1n) is 11.2. The van der Waals surface area contributed by atoms with Gasteiger partial charge in [-0.3, -0.25) is 9.78 Å². The van der Waals surface area contributed by atoms with Crippen molar-refractivity contribution in [2.45, 2.75) is 37.7 Å². The Morgan fingerprint density at radius 1 is 1.14 bits per heavy atom. The van der Waals surface area contributed by atoms with Gasteiger partial charge in [0.05, 0.1) is 5.69 Å². The van der Waals surface area contributed by atoms with Crippen LogP contribution in [0.4, 0.5) is 13.2 Å². The number of hydrogen-bond donors (Lipinski definition) is 1. The number of ether oxygens (including phenoxy) is 1. The van der Waals surface area contributed by atoms with Crippen LogP contribution in [0, 0.1) is 23.6 Å². The Morgan fingerprint density at radius 2 is 1.94 bits per heavy atom. The highest BCUT2D eigenvalue weighted by atomic mass is 19.3. The Morgan fingerprint density at radius 3 is 2.60 bits per heavy atom. The number of nitrogens with zero attached hydrogens (tertiary/aromatic N) is 2. The minimum Gasteiger partial charge on any atom is -0.461 e. The van der Waals surface area contributed by atoms with E-state index in [-0.39, 0.29) is 11.7 Å². The number of pyridine rings is 1. The predicted molar refractivity (Wildman–Crippen MR) is 119 cm³/mol. The van der Waals surface area contributed by atoms with Gasteiger partial charge in [0.25, 0.3) is 5.92 Å². The molecule has 5 atom stereocenters. The van der Waals surface area contributed by atoms with Crippen molar-refractivity contribution < 1.29 is 27.1 Å². The lowest BCUT2D eigenvalue weighted by Gasteiger charge is -2.46. The van der Waals surface area contributed by atoms with E-state index in [4.69, 9.17) is 9.15 Å². The smallest absolute Gasteiger partial charge is 0.434 e. The molecule has 1 N–H and O–H groups in total. The molecular formula is C25H22F3N3O4. The Balaban J connectivity index is 1.51. The molecule has 1 saturated carbocycles. The van der Waals surface area contributed by atoms with Gasteiger partial charge in [-0.15, -0.1) is 5.10 Å². The van der Waals surface area contributed by atoms with Crippen molar-refractivity contribution in [3.05, 3.63) is 76.6 Å². The summed E-state index contributed by atoms with van der Waals surface area (Å²) in [7, 11) is 0. The van der Waals surface area contributed by atoms with Gasteiger partial charge in [-0.05, 0) is 42.7 Å². The van der Waals surface area contributed by atoms with Crippen molar-refractivity contribution in [2.75, 3.05) is 0 Å². The van der Waals surface area contributed by atoms with E-state index in [1.807, 2.05) is 0 Å². The van der Waals surface area contributed by atoms with Gasteiger partial charge in [-0.2, -0.15) is 0 Å². The third-order valence-corrected chi connectivity index (χ3v) is 7.16. The number of alkyl halides is 2. The van der Waals surface area contributed by atoms with Gasteiger partial charge >= 0.3 is 11.7 Å². The first-order chi connectivity index (χ1) is 16.6. The summed E-state index contributed by atoms with van der Waals surface area (Å²) in [5, 5.41) is 5.81. The second-order valence-electron chi connectivity index (χ2n) is 9.17. The number of aromatic amines is 1. The summed E-state index contributed by atoms with van der Waals surface area (Å²) in [6.45, 7) is 3.06. The molecule has 0 amide bonds. The van der Waals surface area contributed by atoms with E-state index < -0.39 is 53.3 Å². The summed E-state index contributed by atoms with van der Waals surface area (Å²) in [5.74, 6) is -8.51. The van der Waals surface area contributed by atoms with Gasteiger partial charge in [0.1, 0.15) is 11.9 Å². The molecule has 2 aromatic heterocycles. The van der Waals surface area contributed by atoms with Crippen LogP contribution in [-0.2, 0) is 14.9 Å². The summed E-state index contributed by atoms with van der Waals surface area (Å²) in [4.78, 5) is 28.9. The number of fused-ring (bicyclic) bond motifs is 1. The number of carbonyl (C=O) groups is 1. The maximum Gasteiger partial charge on any atom is 0.434 e. The lowest BCUT2D eigenvalue weighted by Crippen LogP contribution is -2.56. The molecule has 1 aromatic carbocycles. The first kappa shape index (κ1) is 23.1. The molecule has 2 aliphatic rings. The predicted octanol–water partition coefficient (Wildman–Crippen LogP) is 4.37. The molecule has 0 spiro atoms. The molecule has 0 bridgehead atoms. The molecule has 182 valence electrons. The van der Waals surface area contributed by atoms with Crippen LogP contribution in [0.5, 0.6) is 0 Å². The molecule has 0 radical (unpaired) electrons. The van der Waals surface area contributed by atoms with E-state index in [2.05, 4.69) is 15.2 Å². The zero-order chi connectivity index (χ0) is 25.0. The Bertz CT molecular complexity index is 1350. The molecule has 10 heteroatoms. The number of rotatable bonds is 4. The largest absolute Gasteiger partial charge is 0.461 e.